The molecule has 3 rings (SSSR count). The van der Waals surface area contributed by atoms with Gasteiger partial charge in [-0.15, -0.1) is 0 Å². The lowest BCUT2D eigenvalue weighted by Crippen LogP contribution is -1.37. The van der Waals surface area contributed by atoms with Gasteiger partial charge in [0.2, 0.25) is 0 Å². The Morgan fingerprint density at radius 2 is 0.562 bits per heavy atom. The van der Waals surface area contributed by atoms with Gasteiger partial charge >= 0.3 is 0 Å². The van der Waals surface area contributed by atoms with Crippen LogP contribution in [0, 0.1) is 0 Å². The summed E-state index contributed by atoms with van der Waals surface area (Å²) in [5.41, 5.74) is 0. The summed E-state index contributed by atoms with van der Waals surface area (Å²) in [5, 5.41) is 0. The van der Waals surface area contributed by atoms with Crippen molar-refractivity contribution < 1.29 is 0 Å². The van der Waals surface area contributed by atoms with Gasteiger partial charge in [-0.1, -0.05) is 80.3 Å². The lowest BCUT2D eigenvalue weighted by atomic mass is 10.5. The summed E-state index contributed by atoms with van der Waals surface area (Å²) >= 11 is 0. The number of hydrogen-bond acceptors (Lipinski definition) is 0. The van der Waals surface area contributed by atoms with E-state index in [0.717, 1.165) is 19.3 Å². The van der Waals surface area contributed by atoms with Gasteiger partial charge in [0.25, 0.3) is 0 Å². The van der Waals surface area contributed by atoms with E-state index < -0.39 is 0 Å². The van der Waals surface area contributed by atoms with Crippen molar-refractivity contribution in [3.8, 4) is 0 Å². The molecule has 0 bridgehead atoms. The molecule has 0 fully saturated rings. The summed E-state index contributed by atoms with van der Waals surface area (Å²) in [6, 6.07) is 0. The summed E-state index contributed by atoms with van der Waals surface area (Å²) in [6.45, 7) is 0. The Kier molecular flexibility index (Phi) is 10.4. The molecule has 0 heteroatoms. The van der Waals surface area contributed by atoms with Crippen LogP contribution in [-0.2, 0) is 0 Å². The molecule has 0 saturated heterocycles. The second-order valence-electron chi connectivity index (χ2n) is 3.28. The van der Waals surface area contributed by atoms with Gasteiger partial charge in [-0.2, -0.15) is 0 Å². The zero-order valence-corrected chi connectivity index (χ0v) is 9.05. The highest BCUT2D eigenvalue weighted by molar-refractivity contribution is 5.12. The first-order chi connectivity index (χ1) is 7.50. The highest BCUT2D eigenvalue weighted by Crippen LogP contribution is 1.94. The summed E-state index contributed by atoms with van der Waals surface area (Å²) in [5.74, 6) is 0. The average molecular weight is 214 g/mol. The molecule has 0 radical (unpaired) electrons. The first-order valence-corrected chi connectivity index (χ1v) is 5.45. The molecule has 0 aromatic carbocycles. The van der Waals surface area contributed by atoms with Gasteiger partial charge in [0.1, 0.15) is 0 Å². The second kappa shape index (κ2) is 11.5. The highest BCUT2D eigenvalue weighted by Gasteiger charge is 1.73. The standard InChI is InChI=1S/3C5H6.CH4/c3*1-2-4-5-3-1;/h3*1-4H,5H2;1H4. The average Bonchev–Trinajstić information content (AvgIpc) is 3.09. The number of allylic oxidation sites excluding steroid dienone is 12. The molecular weight excluding hydrogens is 192 g/mol. The third-order valence-electron chi connectivity index (χ3n) is 1.97. The van der Waals surface area contributed by atoms with Crippen LogP contribution < -0.4 is 0 Å². The molecule has 0 aromatic heterocycles. The molecule has 86 valence electrons. The quantitative estimate of drug-likeness (QED) is 0.523. The van der Waals surface area contributed by atoms with Crippen LogP contribution >= 0.6 is 0 Å². The maximum absolute atomic E-state index is 2.12. The largest absolute Gasteiger partial charge is 0.0808 e. The molecule has 0 spiro atoms. The second-order valence-corrected chi connectivity index (χ2v) is 3.28. The van der Waals surface area contributed by atoms with E-state index in [1.807, 2.05) is 0 Å². The fourth-order valence-electron chi connectivity index (χ4n) is 1.18. The molecule has 0 amide bonds. The van der Waals surface area contributed by atoms with E-state index in [1.54, 1.807) is 0 Å². The molecule has 0 nitrogen and oxygen atoms in total. The molecular formula is C16H22. The van der Waals surface area contributed by atoms with Crippen molar-refractivity contribution in [2.75, 3.05) is 0 Å². The van der Waals surface area contributed by atoms with Crippen LogP contribution in [0.15, 0.2) is 72.9 Å². The molecule has 3 aliphatic carbocycles. The van der Waals surface area contributed by atoms with E-state index in [9.17, 15) is 0 Å². The van der Waals surface area contributed by atoms with Crippen LogP contribution in [0.25, 0.3) is 0 Å². The van der Waals surface area contributed by atoms with Crippen LogP contribution in [-0.4, -0.2) is 0 Å². The van der Waals surface area contributed by atoms with Crippen molar-refractivity contribution >= 4 is 0 Å². The van der Waals surface area contributed by atoms with Crippen molar-refractivity contribution in [1.82, 2.24) is 0 Å². The monoisotopic (exact) mass is 214 g/mol. The van der Waals surface area contributed by atoms with Crippen molar-refractivity contribution in [2.45, 2.75) is 26.7 Å². The maximum Gasteiger partial charge on any atom is -0.0163 e. The van der Waals surface area contributed by atoms with Crippen molar-refractivity contribution in [3.05, 3.63) is 72.9 Å². The number of rotatable bonds is 0. The first-order valence-electron chi connectivity index (χ1n) is 5.45. The predicted octanol–water partition coefficient (Wildman–Crippen LogP) is 5.14. The van der Waals surface area contributed by atoms with Crippen LogP contribution in [0.2, 0.25) is 0 Å². The Balaban J connectivity index is 0.000000205. The summed E-state index contributed by atoms with van der Waals surface area (Å²) in [7, 11) is 0. The fraction of sp³-hybridized carbons (Fsp3) is 0.250. The SMILES string of the molecule is C.C1=CCC=C1.C1=CCC=C1.C1=CCC=C1. The van der Waals surface area contributed by atoms with Crippen molar-refractivity contribution in [1.29, 1.82) is 0 Å². The normalized spacial score (nSPS) is 16.5. The first kappa shape index (κ1) is 14.4. The molecule has 0 atom stereocenters. The van der Waals surface area contributed by atoms with Gasteiger partial charge in [-0.25, -0.2) is 0 Å². The molecule has 0 heterocycles. The molecule has 0 saturated carbocycles. The van der Waals surface area contributed by atoms with Crippen LogP contribution in [0.1, 0.15) is 26.7 Å². The maximum atomic E-state index is 2.12. The van der Waals surface area contributed by atoms with Crippen LogP contribution in [0.3, 0.4) is 0 Å². The lowest BCUT2D eigenvalue weighted by Gasteiger charge is -1.57. The van der Waals surface area contributed by atoms with Crippen molar-refractivity contribution in [3.63, 3.8) is 0 Å². The van der Waals surface area contributed by atoms with E-state index in [1.165, 1.54) is 0 Å². The summed E-state index contributed by atoms with van der Waals surface area (Å²) in [6.07, 6.45) is 28.5. The fourth-order valence-corrected chi connectivity index (χ4v) is 1.18. The minimum absolute atomic E-state index is 0. The third kappa shape index (κ3) is 9.01. The highest BCUT2D eigenvalue weighted by atomic mass is 13.8. The van der Waals surface area contributed by atoms with E-state index in [4.69, 9.17) is 0 Å². The minimum atomic E-state index is 0. The van der Waals surface area contributed by atoms with E-state index >= 15 is 0 Å². The zero-order chi connectivity index (χ0) is 10.6. The Labute approximate surface area is 100 Å². The van der Waals surface area contributed by atoms with Crippen LogP contribution in [0.4, 0.5) is 0 Å². The molecule has 3 aliphatic rings. The van der Waals surface area contributed by atoms with Gasteiger partial charge in [-0.05, 0) is 19.3 Å². The predicted molar refractivity (Wildman–Crippen MR) is 75.4 cm³/mol. The topological polar surface area (TPSA) is 0 Å². The van der Waals surface area contributed by atoms with Gasteiger partial charge in [0.15, 0.2) is 0 Å². The Bertz CT molecular complexity index is 227. The number of hydrogen-bond donors (Lipinski definition) is 0. The zero-order valence-electron chi connectivity index (χ0n) is 9.05. The van der Waals surface area contributed by atoms with E-state index in [-0.39, 0.29) is 7.43 Å². The molecule has 16 heavy (non-hydrogen) atoms. The molecule has 0 unspecified atom stereocenters. The van der Waals surface area contributed by atoms with Gasteiger partial charge in [-0.3, -0.25) is 0 Å². The molecule has 0 aliphatic heterocycles. The van der Waals surface area contributed by atoms with E-state index in [2.05, 4.69) is 72.9 Å². The Morgan fingerprint density at radius 1 is 0.375 bits per heavy atom. The minimum Gasteiger partial charge on any atom is -0.0808 e. The summed E-state index contributed by atoms with van der Waals surface area (Å²) < 4.78 is 0. The van der Waals surface area contributed by atoms with Crippen molar-refractivity contribution in [2.24, 2.45) is 0 Å². The smallest absolute Gasteiger partial charge is 0.0163 e. The van der Waals surface area contributed by atoms with Gasteiger partial charge in [0.05, 0.1) is 0 Å². The van der Waals surface area contributed by atoms with Gasteiger partial charge < -0.3 is 0 Å². The summed E-state index contributed by atoms with van der Waals surface area (Å²) in [4.78, 5) is 0. The molecule has 0 aromatic rings. The lowest BCUT2D eigenvalue weighted by molar-refractivity contribution is 1.45. The Morgan fingerprint density at radius 3 is 0.625 bits per heavy atom. The Hall–Kier alpha value is -1.56. The molecule has 0 N–H and O–H groups in total. The van der Waals surface area contributed by atoms with Gasteiger partial charge in [0, 0.05) is 0 Å². The third-order valence-corrected chi connectivity index (χ3v) is 1.97. The van der Waals surface area contributed by atoms with E-state index in [0.29, 0.717) is 0 Å². The van der Waals surface area contributed by atoms with Crippen LogP contribution in [0.5, 0.6) is 0 Å².